The Morgan fingerprint density at radius 3 is 2.60 bits per heavy atom. The summed E-state index contributed by atoms with van der Waals surface area (Å²) in [6, 6.07) is 0. The molecule has 1 unspecified atom stereocenters. The molecule has 0 saturated carbocycles. The molecule has 0 aromatic carbocycles. The second-order valence-electron chi connectivity index (χ2n) is 2.05. The van der Waals surface area contributed by atoms with Gasteiger partial charge in [0.1, 0.15) is 0 Å². The molecule has 10 heavy (non-hydrogen) atoms. The molecule has 1 N–H and O–H groups in total. The summed E-state index contributed by atoms with van der Waals surface area (Å²) in [6.07, 6.45) is 1.81. The monoisotopic (exact) mass is 168 g/mol. The average Bonchev–Trinajstić information content (AvgIpc) is 1.78. The van der Waals surface area contributed by atoms with E-state index < -0.39 is 7.60 Å². The van der Waals surface area contributed by atoms with Gasteiger partial charge < -0.3 is 4.89 Å². The minimum atomic E-state index is -3.43. The van der Waals surface area contributed by atoms with Crippen LogP contribution in [0.2, 0.25) is 0 Å². The van der Waals surface area contributed by atoms with Crippen LogP contribution in [0, 0.1) is 0 Å². The third-order valence-electron chi connectivity index (χ3n) is 0.772. The summed E-state index contributed by atoms with van der Waals surface area (Å²) < 4.78 is 14.5. The molecule has 4 nitrogen and oxygen atoms in total. The molecule has 0 rings (SSSR count). The van der Waals surface area contributed by atoms with Crippen molar-refractivity contribution in [1.29, 1.82) is 0 Å². The van der Waals surface area contributed by atoms with Crippen LogP contribution in [0.25, 0.3) is 0 Å². The quantitative estimate of drug-likeness (QED) is 0.293. The molecule has 0 aliphatic heterocycles. The molecular formula is C5H13O4P. The lowest BCUT2D eigenvalue weighted by Crippen LogP contribution is -1.93. The normalized spacial score (nSPS) is 16.7. The fourth-order valence-corrected chi connectivity index (χ4v) is 0.608. The van der Waals surface area contributed by atoms with Crippen LogP contribution in [0.1, 0.15) is 19.8 Å². The second-order valence-corrected chi connectivity index (χ2v) is 3.81. The first kappa shape index (κ1) is 10.1. The van der Waals surface area contributed by atoms with Gasteiger partial charge in [0.15, 0.2) is 0 Å². The highest BCUT2D eigenvalue weighted by atomic mass is 31.2. The third-order valence-corrected chi connectivity index (χ3v) is 1.15. The molecule has 0 amide bonds. The van der Waals surface area contributed by atoms with Crippen molar-refractivity contribution < 1.29 is 19.0 Å². The van der Waals surface area contributed by atoms with Gasteiger partial charge in [-0.2, -0.15) is 0 Å². The minimum absolute atomic E-state index is 0.370. The van der Waals surface area contributed by atoms with Crippen molar-refractivity contribution in [2.45, 2.75) is 19.8 Å². The molecular weight excluding hydrogens is 155 g/mol. The van der Waals surface area contributed by atoms with Crippen molar-refractivity contribution in [3.8, 4) is 0 Å². The first-order chi connectivity index (χ1) is 4.56. The van der Waals surface area contributed by atoms with Crippen LogP contribution in [-0.4, -0.2) is 18.2 Å². The van der Waals surface area contributed by atoms with E-state index in [4.69, 9.17) is 4.89 Å². The van der Waals surface area contributed by atoms with E-state index in [1.54, 1.807) is 0 Å². The fraction of sp³-hybridized carbons (Fsp3) is 1.00. The summed E-state index contributed by atoms with van der Waals surface area (Å²) in [6.45, 7) is 3.45. The molecule has 1 atom stereocenters. The molecule has 0 radical (unpaired) electrons. The molecule has 0 heterocycles. The summed E-state index contributed by atoms with van der Waals surface area (Å²) in [4.78, 5) is 13.0. The SMILES string of the molecule is CCCCOOP(C)(=O)O. The molecule has 0 aliphatic carbocycles. The lowest BCUT2D eigenvalue weighted by molar-refractivity contribution is -0.212. The Labute approximate surface area is 60.6 Å². The Kier molecular flexibility index (Phi) is 4.91. The Balaban J connectivity index is 3.13. The zero-order valence-electron chi connectivity index (χ0n) is 6.24. The highest BCUT2D eigenvalue weighted by Gasteiger charge is 2.09. The van der Waals surface area contributed by atoms with Crippen molar-refractivity contribution >= 4 is 7.60 Å². The van der Waals surface area contributed by atoms with E-state index in [1.807, 2.05) is 6.92 Å². The van der Waals surface area contributed by atoms with Crippen LogP contribution >= 0.6 is 7.60 Å². The number of hydrogen-bond donors (Lipinski definition) is 1. The van der Waals surface area contributed by atoms with E-state index in [9.17, 15) is 4.57 Å². The lowest BCUT2D eigenvalue weighted by atomic mass is 10.4. The molecule has 0 aromatic heterocycles. The Morgan fingerprint density at radius 2 is 2.20 bits per heavy atom. The highest BCUT2D eigenvalue weighted by molar-refractivity contribution is 7.51. The molecule has 0 aliphatic rings. The Hall–Kier alpha value is 0.110. The van der Waals surface area contributed by atoms with Gasteiger partial charge in [-0.25, -0.2) is 4.89 Å². The number of hydrogen-bond acceptors (Lipinski definition) is 3. The van der Waals surface area contributed by atoms with Crippen molar-refractivity contribution in [2.24, 2.45) is 0 Å². The van der Waals surface area contributed by atoms with Gasteiger partial charge in [-0.1, -0.05) is 13.3 Å². The zero-order valence-corrected chi connectivity index (χ0v) is 7.13. The largest absolute Gasteiger partial charge is 0.352 e. The number of unbranched alkanes of at least 4 members (excludes halogenated alkanes) is 1. The summed E-state index contributed by atoms with van der Waals surface area (Å²) in [5.41, 5.74) is 0. The summed E-state index contributed by atoms with van der Waals surface area (Å²) in [5, 5.41) is 0. The third kappa shape index (κ3) is 8.11. The van der Waals surface area contributed by atoms with Crippen molar-refractivity contribution in [1.82, 2.24) is 0 Å². The maximum absolute atomic E-state index is 10.4. The van der Waals surface area contributed by atoms with Crippen LogP contribution in [-0.2, 0) is 14.1 Å². The molecule has 5 heteroatoms. The van der Waals surface area contributed by atoms with Gasteiger partial charge in [0, 0.05) is 6.66 Å². The lowest BCUT2D eigenvalue weighted by Gasteiger charge is -2.04. The Morgan fingerprint density at radius 1 is 1.60 bits per heavy atom. The maximum atomic E-state index is 10.4. The Bertz CT molecular complexity index is 119. The van der Waals surface area contributed by atoms with E-state index in [0.29, 0.717) is 6.61 Å². The first-order valence-electron chi connectivity index (χ1n) is 3.17. The van der Waals surface area contributed by atoms with Crippen molar-refractivity contribution in [2.75, 3.05) is 13.3 Å². The standard InChI is InChI=1S/C5H13O4P/c1-3-4-5-8-9-10(2,6)7/h3-5H2,1-2H3,(H,6,7). The van der Waals surface area contributed by atoms with Gasteiger partial charge in [-0.15, -0.1) is 4.67 Å². The van der Waals surface area contributed by atoms with E-state index >= 15 is 0 Å². The van der Waals surface area contributed by atoms with Crippen LogP contribution in [0.4, 0.5) is 0 Å². The van der Waals surface area contributed by atoms with Gasteiger partial charge in [-0.05, 0) is 6.42 Å². The molecule has 0 spiro atoms. The summed E-state index contributed by atoms with van der Waals surface area (Å²) in [7, 11) is -3.43. The molecule has 0 aromatic rings. The highest BCUT2D eigenvalue weighted by Crippen LogP contribution is 2.36. The van der Waals surface area contributed by atoms with Crippen molar-refractivity contribution in [3.63, 3.8) is 0 Å². The van der Waals surface area contributed by atoms with Gasteiger partial charge in [0.25, 0.3) is 0 Å². The zero-order chi connectivity index (χ0) is 8.04. The van der Waals surface area contributed by atoms with Gasteiger partial charge >= 0.3 is 7.60 Å². The van der Waals surface area contributed by atoms with Gasteiger partial charge in [0.05, 0.1) is 6.61 Å². The minimum Gasteiger partial charge on any atom is -0.323 e. The fourth-order valence-electron chi connectivity index (χ4n) is 0.338. The van der Waals surface area contributed by atoms with Crippen LogP contribution in [0.15, 0.2) is 0 Å². The van der Waals surface area contributed by atoms with Crippen LogP contribution in [0.3, 0.4) is 0 Å². The summed E-state index contributed by atoms with van der Waals surface area (Å²) in [5.74, 6) is 0. The van der Waals surface area contributed by atoms with Crippen LogP contribution in [0.5, 0.6) is 0 Å². The van der Waals surface area contributed by atoms with Crippen molar-refractivity contribution in [3.05, 3.63) is 0 Å². The maximum Gasteiger partial charge on any atom is 0.352 e. The van der Waals surface area contributed by atoms with E-state index in [-0.39, 0.29) is 0 Å². The van der Waals surface area contributed by atoms with Gasteiger partial charge in [0.2, 0.25) is 0 Å². The predicted octanol–water partition coefficient (Wildman–Crippen LogP) is 1.55. The van der Waals surface area contributed by atoms with Gasteiger partial charge in [-0.3, -0.25) is 4.57 Å². The number of rotatable bonds is 5. The molecule has 0 fully saturated rings. The molecule has 0 saturated heterocycles. The van der Waals surface area contributed by atoms with E-state index in [2.05, 4.69) is 9.56 Å². The average molecular weight is 168 g/mol. The molecule has 62 valence electrons. The first-order valence-corrected chi connectivity index (χ1v) is 5.20. The van der Waals surface area contributed by atoms with E-state index in [0.717, 1.165) is 19.5 Å². The summed E-state index contributed by atoms with van der Waals surface area (Å²) >= 11 is 0. The topological polar surface area (TPSA) is 55.8 Å². The molecule has 0 bridgehead atoms. The smallest absolute Gasteiger partial charge is 0.323 e. The van der Waals surface area contributed by atoms with E-state index in [1.165, 1.54) is 0 Å². The predicted molar refractivity (Wildman–Crippen MR) is 37.7 cm³/mol. The van der Waals surface area contributed by atoms with Crippen LogP contribution < -0.4 is 0 Å². The second kappa shape index (κ2) is 4.85.